The van der Waals surface area contributed by atoms with E-state index >= 15 is 0 Å². The molecule has 1 aliphatic carbocycles. The van der Waals surface area contributed by atoms with Crippen LogP contribution in [0.3, 0.4) is 0 Å². The van der Waals surface area contributed by atoms with Gasteiger partial charge in [0.05, 0.1) is 6.42 Å². The molecule has 44 heavy (non-hydrogen) atoms. The molecule has 12 heteroatoms. The monoisotopic (exact) mass is 611 g/mol. The van der Waals surface area contributed by atoms with E-state index < -0.39 is 71.7 Å². The van der Waals surface area contributed by atoms with Gasteiger partial charge in [-0.25, -0.2) is 0 Å². The van der Waals surface area contributed by atoms with Crippen LogP contribution in [0.2, 0.25) is 0 Å². The Bertz CT molecular complexity index is 1300. The molecule has 3 rings (SSSR count). The molecule has 1 saturated heterocycles. The van der Waals surface area contributed by atoms with Crippen LogP contribution in [0.4, 0.5) is 0 Å². The summed E-state index contributed by atoms with van der Waals surface area (Å²) in [6, 6.07) is 3.67. The summed E-state index contributed by atoms with van der Waals surface area (Å²) in [5, 5.41) is 7.99. The number of nitrogens with zero attached hydrogens (tertiary/aromatic N) is 1. The molecule has 0 saturated carbocycles. The van der Waals surface area contributed by atoms with Crippen molar-refractivity contribution in [2.24, 2.45) is 5.73 Å². The molecular weight excluding hydrogens is 566 g/mol. The number of primary amides is 1. The van der Waals surface area contributed by atoms with Crippen molar-refractivity contribution in [3.05, 3.63) is 41.5 Å². The number of nitrogens with two attached hydrogens (primary N) is 1. The fraction of sp³-hybridized carbons (Fsp3) is 0.562. The molecule has 1 aliphatic heterocycles. The summed E-state index contributed by atoms with van der Waals surface area (Å²) in [4.78, 5) is 79.1. The Labute approximate surface area is 258 Å². The van der Waals surface area contributed by atoms with Gasteiger partial charge in [0.25, 0.3) is 0 Å². The lowest BCUT2D eigenvalue weighted by molar-refractivity contribution is -0.156. The summed E-state index contributed by atoms with van der Waals surface area (Å²) in [5.41, 5.74) is 7.53. The van der Waals surface area contributed by atoms with E-state index in [1.165, 1.54) is 4.90 Å². The summed E-state index contributed by atoms with van der Waals surface area (Å²) in [7, 11) is 0. The number of fused-ring (bicyclic) bond motifs is 1. The maximum atomic E-state index is 14.1. The highest BCUT2D eigenvalue weighted by Gasteiger charge is 2.40. The van der Waals surface area contributed by atoms with Crippen LogP contribution in [0.5, 0.6) is 0 Å². The van der Waals surface area contributed by atoms with Crippen molar-refractivity contribution in [1.82, 2.24) is 20.9 Å². The third kappa shape index (κ3) is 9.14. The summed E-state index contributed by atoms with van der Waals surface area (Å²) in [6.07, 6.45) is 3.70. The molecule has 1 heterocycles. The van der Waals surface area contributed by atoms with Crippen LogP contribution in [0, 0.1) is 0 Å². The van der Waals surface area contributed by atoms with E-state index in [4.69, 9.17) is 10.5 Å². The number of ether oxygens (including phenoxy) is 1. The summed E-state index contributed by atoms with van der Waals surface area (Å²) < 4.78 is 5.38. The Morgan fingerprint density at radius 2 is 1.70 bits per heavy atom. The number of esters is 1. The van der Waals surface area contributed by atoms with Crippen molar-refractivity contribution in [3.63, 3.8) is 0 Å². The van der Waals surface area contributed by atoms with Gasteiger partial charge < -0.3 is 31.3 Å². The minimum absolute atomic E-state index is 0.0821. The molecule has 1 fully saturated rings. The fourth-order valence-corrected chi connectivity index (χ4v) is 5.44. The van der Waals surface area contributed by atoms with Crippen molar-refractivity contribution < 1.29 is 33.5 Å². The molecule has 2 aliphatic rings. The van der Waals surface area contributed by atoms with Gasteiger partial charge >= 0.3 is 5.97 Å². The Hall–Kier alpha value is -4.22. The zero-order valence-corrected chi connectivity index (χ0v) is 26.2. The maximum Gasteiger partial charge on any atom is 0.308 e. The minimum atomic E-state index is -1.28. The third-order valence-electron chi connectivity index (χ3n) is 7.64. The van der Waals surface area contributed by atoms with Crippen molar-refractivity contribution in [2.75, 3.05) is 6.54 Å². The van der Waals surface area contributed by atoms with Gasteiger partial charge in [0, 0.05) is 19.4 Å². The van der Waals surface area contributed by atoms with Crippen LogP contribution in [0.25, 0.3) is 5.57 Å². The Balaban J connectivity index is 1.88. The molecule has 0 bridgehead atoms. The van der Waals surface area contributed by atoms with Crippen molar-refractivity contribution in [3.8, 4) is 0 Å². The van der Waals surface area contributed by atoms with Crippen LogP contribution < -0.4 is 21.7 Å². The summed E-state index contributed by atoms with van der Waals surface area (Å²) in [5.74, 6) is -3.48. The van der Waals surface area contributed by atoms with Gasteiger partial charge in [0.2, 0.25) is 29.5 Å². The second kappa shape index (κ2) is 15.0. The van der Waals surface area contributed by atoms with E-state index in [2.05, 4.69) is 16.0 Å². The highest BCUT2D eigenvalue weighted by atomic mass is 16.6. The van der Waals surface area contributed by atoms with Gasteiger partial charge in [0.1, 0.15) is 29.8 Å². The number of allylic oxidation sites excluding steroid dienone is 1. The number of benzene rings is 1. The highest BCUT2D eigenvalue weighted by Crippen LogP contribution is 2.31. The second-order valence-corrected chi connectivity index (χ2v) is 12.2. The zero-order valence-electron chi connectivity index (χ0n) is 26.2. The molecule has 4 atom stereocenters. The van der Waals surface area contributed by atoms with Gasteiger partial charge in [-0.2, -0.15) is 0 Å². The smallest absolute Gasteiger partial charge is 0.308 e. The standard InChI is InChI=1S/C32H45N5O7/c1-6-22(28(33)40)35-30(42)25-13-10-16-37(25)31(43)24(17-20-15-14-19-11-8-9-12-21(19)20)36-29(41)23(34-26(38)7-2)18-27(39)44-32(3,4)5/h8-9,11-12,15,22-25H,6-7,10,13-14,16-18H2,1-5H3,(H2,33,40)(H,34,38)(H,35,42)(H,36,41)/t22-,23-,24?,25?/m0/s1. The van der Waals surface area contributed by atoms with Crippen LogP contribution in [-0.2, 0) is 39.9 Å². The normalized spacial score (nSPS) is 17.9. The topological polar surface area (TPSA) is 177 Å². The highest BCUT2D eigenvalue weighted by molar-refractivity contribution is 5.97. The summed E-state index contributed by atoms with van der Waals surface area (Å²) in [6.45, 7) is 8.70. The van der Waals surface area contributed by atoms with Crippen LogP contribution in [0.15, 0.2) is 30.3 Å². The maximum absolute atomic E-state index is 14.1. The zero-order chi connectivity index (χ0) is 32.6. The van der Waals surface area contributed by atoms with Gasteiger partial charge in [-0.3, -0.25) is 28.8 Å². The predicted octanol–water partition coefficient (Wildman–Crippen LogP) is 1.50. The van der Waals surface area contributed by atoms with E-state index in [-0.39, 0.29) is 19.4 Å². The molecule has 0 radical (unpaired) electrons. The number of carbonyl (C=O) groups excluding carboxylic acids is 6. The molecule has 5 amide bonds. The van der Waals surface area contributed by atoms with E-state index in [9.17, 15) is 28.8 Å². The molecular formula is C32H45N5O7. The Morgan fingerprint density at radius 3 is 2.34 bits per heavy atom. The van der Waals surface area contributed by atoms with Crippen LogP contribution >= 0.6 is 0 Å². The molecule has 1 aromatic rings. The lowest BCUT2D eigenvalue weighted by atomic mass is 9.98. The van der Waals surface area contributed by atoms with Gasteiger partial charge in [-0.15, -0.1) is 0 Å². The number of likely N-dealkylation sites (tertiary alicyclic amines) is 1. The third-order valence-corrected chi connectivity index (χ3v) is 7.64. The minimum Gasteiger partial charge on any atom is -0.460 e. The number of carbonyl (C=O) groups is 6. The molecule has 0 spiro atoms. The molecule has 5 N–H and O–H groups in total. The molecule has 240 valence electrons. The number of rotatable bonds is 13. The number of hydrogen-bond donors (Lipinski definition) is 4. The lowest BCUT2D eigenvalue weighted by Crippen LogP contribution is -2.58. The first kappa shape index (κ1) is 34.3. The lowest BCUT2D eigenvalue weighted by Gasteiger charge is -2.31. The molecule has 1 aromatic carbocycles. The van der Waals surface area contributed by atoms with Crippen molar-refractivity contribution >= 4 is 41.1 Å². The number of hydrogen-bond acceptors (Lipinski definition) is 7. The quantitative estimate of drug-likeness (QED) is 0.244. The fourth-order valence-electron chi connectivity index (χ4n) is 5.44. The van der Waals surface area contributed by atoms with Crippen LogP contribution in [0.1, 0.15) is 84.3 Å². The second-order valence-electron chi connectivity index (χ2n) is 12.2. The largest absolute Gasteiger partial charge is 0.460 e. The summed E-state index contributed by atoms with van der Waals surface area (Å²) >= 11 is 0. The van der Waals surface area contributed by atoms with Crippen molar-refractivity contribution in [1.29, 1.82) is 0 Å². The predicted molar refractivity (Wildman–Crippen MR) is 164 cm³/mol. The van der Waals surface area contributed by atoms with E-state index in [1.54, 1.807) is 34.6 Å². The van der Waals surface area contributed by atoms with Crippen LogP contribution in [-0.4, -0.2) is 76.7 Å². The first-order valence-electron chi connectivity index (χ1n) is 15.2. The SMILES string of the molecule is CCC(=O)N[C@@H](CC(=O)OC(C)(C)C)C(=O)NC(CC1=CCc2ccccc21)C(=O)N1CCCC1C(=O)N[C@@H](CC)C(N)=O. The Kier molecular flexibility index (Phi) is 11.7. The Morgan fingerprint density at radius 1 is 1.00 bits per heavy atom. The molecule has 0 aromatic heterocycles. The van der Waals surface area contributed by atoms with Gasteiger partial charge in [-0.05, 0) is 63.2 Å². The molecule has 2 unspecified atom stereocenters. The van der Waals surface area contributed by atoms with Crippen molar-refractivity contribution in [2.45, 2.75) is 109 Å². The number of nitrogens with one attached hydrogen (secondary N) is 3. The average molecular weight is 612 g/mol. The van der Waals surface area contributed by atoms with E-state index in [1.807, 2.05) is 30.3 Å². The first-order valence-corrected chi connectivity index (χ1v) is 15.2. The van der Waals surface area contributed by atoms with Gasteiger partial charge in [0.15, 0.2) is 0 Å². The first-order chi connectivity index (χ1) is 20.7. The average Bonchev–Trinajstić information content (AvgIpc) is 3.61. The van der Waals surface area contributed by atoms with E-state index in [0.717, 1.165) is 16.7 Å². The van der Waals surface area contributed by atoms with Gasteiger partial charge in [-0.1, -0.05) is 44.2 Å². The number of amides is 5. The van der Waals surface area contributed by atoms with E-state index in [0.29, 0.717) is 25.7 Å². The molecule has 12 nitrogen and oxygen atoms in total.